The van der Waals surface area contributed by atoms with Crippen LogP contribution in [0, 0.1) is 6.92 Å². The highest BCUT2D eigenvalue weighted by Crippen LogP contribution is 2.27. The van der Waals surface area contributed by atoms with Gasteiger partial charge in [-0.05, 0) is 29.5 Å². The highest BCUT2D eigenvalue weighted by molar-refractivity contribution is 7.86. The van der Waals surface area contributed by atoms with Gasteiger partial charge in [-0.25, -0.2) is 0 Å². The Balaban J connectivity index is 3.43. The minimum absolute atomic E-state index is 0.187. The molecule has 0 saturated heterocycles. The van der Waals surface area contributed by atoms with E-state index in [0.717, 1.165) is 5.56 Å². The molecule has 0 spiro atoms. The Kier molecular flexibility index (Phi) is 2.92. The Labute approximate surface area is 90.3 Å². The number of hydrogen-bond acceptors (Lipinski definition) is 2. The van der Waals surface area contributed by atoms with Crippen molar-refractivity contribution in [2.75, 3.05) is 0 Å². The molecule has 84 valence electrons. The molecule has 0 aliphatic carbocycles. The summed E-state index contributed by atoms with van der Waals surface area (Å²) in [7, 11) is -4.62. The fraction of sp³-hybridized carbons (Fsp3) is 0.455. The first-order chi connectivity index (χ1) is 6.62. The van der Waals surface area contributed by atoms with Gasteiger partial charge in [-0.2, -0.15) is 8.42 Å². The van der Waals surface area contributed by atoms with Crippen LogP contribution in [0.15, 0.2) is 23.1 Å². The number of hydrogen-bond donors (Lipinski definition) is 0. The van der Waals surface area contributed by atoms with E-state index >= 15 is 0 Å². The third kappa shape index (κ3) is 2.78. The third-order valence-electron chi connectivity index (χ3n) is 2.32. The van der Waals surface area contributed by atoms with Crippen LogP contribution in [-0.4, -0.2) is 8.42 Å². The molecule has 0 fully saturated rings. The van der Waals surface area contributed by atoms with E-state index in [9.17, 15) is 12.3 Å². The van der Waals surface area contributed by atoms with Crippen molar-refractivity contribution in [1.82, 2.24) is 0 Å². The molecule has 0 amide bonds. The summed E-state index contributed by atoms with van der Waals surface area (Å²) in [4.78, 5) is -0.227. The van der Waals surface area contributed by atoms with Crippen LogP contribution in [0.3, 0.4) is 0 Å². The van der Waals surface area contributed by atoms with Crippen molar-refractivity contribution in [3.05, 3.63) is 29.3 Å². The summed E-state index contributed by atoms with van der Waals surface area (Å²) in [6.07, 6.45) is 0. The smallest absolute Gasteiger partial charge is 0.189 e. The molecule has 15 heavy (non-hydrogen) atoms. The maximum atomic E-state index is 12.9. The second-order valence-corrected chi connectivity index (χ2v) is 5.98. The van der Waals surface area contributed by atoms with Gasteiger partial charge in [-0.1, -0.05) is 32.9 Å². The second kappa shape index (κ2) is 3.59. The van der Waals surface area contributed by atoms with Crippen LogP contribution in [0.5, 0.6) is 0 Å². The van der Waals surface area contributed by atoms with Crippen LogP contribution in [0.2, 0.25) is 0 Å². The molecule has 0 aliphatic heterocycles. The lowest BCUT2D eigenvalue weighted by atomic mass is 9.87. The topological polar surface area (TPSA) is 34.1 Å². The van der Waals surface area contributed by atoms with Gasteiger partial charge in [-0.3, -0.25) is 0 Å². The second-order valence-electron chi connectivity index (χ2n) is 4.67. The average molecular weight is 230 g/mol. The summed E-state index contributed by atoms with van der Waals surface area (Å²) >= 11 is 0. The van der Waals surface area contributed by atoms with Crippen molar-refractivity contribution >= 4 is 10.2 Å². The number of halogens is 1. The summed E-state index contributed by atoms with van der Waals surface area (Å²) in [5, 5.41) is 0. The molecule has 0 unspecified atom stereocenters. The van der Waals surface area contributed by atoms with Crippen molar-refractivity contribution in [2.45, 2.75) is 38.0 Å². The van der Waals surface area contributed by atoms with Crippen LogP contribution >= 0.6 is 0 Å². The first-order valence-corrected chi connectivity index (χ1v) is 6.06. The lowest BCUT2D eigenvalue weighted by Crippen LogP contribution is -2.12. The minimum Gasteiger partial charge on any atom is -0.189 e. The summed E-state index contributed by atoms with van der Waals surface area (Å²) in [6, 6.07) is 4.86. The summed E-state index contributed by atoms with van der Waals surface area (Å²) in [6.45, 7) is 7.43. The van der Waals surface area contributed by atoms with Crippen molar-refractivity contribution in [1.29, 1.82) is 0 Å². The molecule has 0 bridgehead atoms. The molecule has 1 aromatic rings. The van der Waals surface area contributed by atoms with Crippen molar-refractivity contribution < 1.29 is 12.3 Å². The number of benzene rings is 1. The standard InChI is InChI=1S/C11H15FO2S/c1-8-5-6-9(11(2,3)4)7-10(8)15(12,13)14/h5-7H,1-4H3. The first-order valence-electron chi connectivity index (χ1n) is 4.68. The molecular weight excluding hydrogens is 215 g/mol. The molecule has 2 nitrogen and oxygen atoms in total. The maximum absolute atomic E-state index is 12.9. The molecule has 0 radical (unpaired) electrons. The van der Waals surface area contributed by atoms with E-state index < -0.39 is 10.2 Å². The first kappa shape index (κ1) is 12.2. The van der Waals surface area contributed by atoms with Gasteiger partial charge < -0.3 is 0 Å². The number of rotatable bonds is 1. The molecule has 0 aromatic heterocycles. The zero-order valence-corrected chi connectivity index (χ0v) is 10.2. The zero-order chi connectivity index (χ0) is 11.9. The van der Waals surface area contributed by atoms with E-state index in [1.165, 1.54) is 6.07 Å². The van der Waals surface area contributed by atoms with E-state index in [1.807, 2.05) is 26.8 Å². The van der Waals surface area contributed by atoms with E-state index in [1.54, 1.807) is 13.0 Å². The van der Waals surface area contributed by atoms with Gasteiger partial charge in [0.2, 0.25) is 0 Å². The molecule has 1 rings (SSSR count). The molecular formula is C11H15FO2S. The molecule has 0 aliphatic rings. The predicted molar refractivity (Wildman–Crippen MR) is 58.2 cm³/mol. The van der Waals surface area contributed by atoms with Crippen LogP contribution in [0.4, 0.5) is 3.89 Å². The monoisotopic (exact) mass is 230 g/mol. The normalized spacial score (nSPS) is 12.9. The maximum Gasteiger partial charge on any atom is 0.332 e. The lowest BCUT2D eigenvalue weighted by Gasteiger charge is -2.19. The Bertz CT molecular complexity index is 470. The summed E-state index contributed by atoms with van der Waals surface area (Å²) in [5.74, 6) is 0. The highest BCUT2D eigenvalue weighted by atomic mass is 32.3. The van der Waals surface area contributed by atoms with Crippen molar-refractivity contribution in [2.24, 2.45) is 0 Å². The highest BCUT2D eigenvalue weighted by Gasteiger charge is 2.20. The van der Waals surface area contributed by atoms with Gasteiger partial charge in [0.1, 0.15) is 4.90 Å². The van der Waals surface area contributed by atoms with Gasteiger partial charge in [-0.15, -0.1) is 3.89 Å². The van der Waals surface area contributed by atoms with Crippen LogP contribution in [0.25, 0.3) is 0 Å². The SMILES string of the molecule is Cc1ccc(C(C)(C)C)cc1S(=O)(=O)F. The minimum atomic E-state index is -4.62. The molecule has 0 heterocycles. The van der Waals surface area contributed by atoms with Gasteiger partial charge in [0, 0.05) is 0 Å². The Morgan fingerprint density at radius 3 is 2.13 bits per heavy atom. The fourth-order valence-electron chi connectivity index (χ4n) is 1.33. The van der Waals surface area contributed by atoms with E-state index in [2.05, 4.69) is 0 Å². The van der Waals surface area contributed by atoms with Gasteiger partial charge in [0.15, 0.2) is 0 Å². The van der Waals surface area contributed by atoms with Gasteiger partial charge >= 0.3 is 10.2 Å². The lowest BCUT2D eigenvalue weighted by molar-refractivity contribution is 0.549. The van der Waals surface area contributed by atoms with Crippen LogP contribution in [-0.2, 0) is 15.6 Å². The molecule has 4 heteroatoms. The van der Waals surface area contributed by atoms with Crippen LogP contribution in [0.1, 0.15) is 31.9 Å². The van der Waals surface area contributed by atoms with E-state index in [-0.39, 0.29) is 10.3 Å². The van der Waals surface area contributed by atoms with E-state index in [0.29, 0.717) is 5.56 Å². The zero-order valence-electron chi connectivity index (χ0n) is 9.33. The Morgan fingerprint density at radius 1 is 1.20 bits per heavy atom. The van der Waals surface area contributed by atoms with Crippen LogP contribution < -0.4 is 0 Å². The molecule has 0 atom stereocenters. The summed E-state index contributed by atoms with van der Waals surface area (Å²) < 4.78 is 34.7. The number of aryl methyl sites for hydroxylation is 1. The predicted octanol–water partition coefficient (Wildman–Crippen LogP) is 2.95. The fourth-order valence-corrected chi connectivity index (χ4v) is 2.05. The third-order valence-corrected chi connectivity index (χ3v) is 3.28. The average Bonchev–Trinajstić information content (AvgIpc) is 2.00. The van der Waals surface area contributed by atoms with Gasteiger partial charge in [0.05, 0.1) is 0 Å². The summed E-state index contributed by atoms with van der Waals surface area (Å²) in [5.41, 5.74) is 1.06. The van der Waals surface area contributed by atoms with Gasteiger partial charge in [0.25, 0.3) is 0 Å². The van der Waals surface area contributed by atoms with E-state index in [4.69, 9.17) is 0 Å². The Morgan fingerprint density at radius 2 is 1.73 bits per heavy atom. The molecule has 0 saturated carbocycles. The molecule has 0 N–H and O–H groups in total. The Hall–Kier alpha value is -0.900. The molecule has 1 aromatic carbocycles. The van der Waals surface area contributed by atoms with Crippen molar-refractivity contribution in [3.8, 4) is 0 Å². The quantitative estimate of drug-likeness (QED) is 0.695. The largest absolute Gasteiger partial charge is 0.332 e. The van der Waals surface area contributed by atoms with Crippen molar-refractivity contribution in [3.63, 3.8) is 0 Å².